The van der Waals surface area contributed by atoms with E-state index in [9.17, 15) is 0 Å². The first kappa shape index (κ1) is 14.5. The van der Waals surface area contributed by atoms with E-state index in [1.807, 2.05) is 12.1 Å². The molecule has 0 fully saturated rings. The van der Waals surface area contributed by atoms with Gasteiger partial charge in [0.25, 0.3) is 0 Å². The second kappa shape index (κ2) is 8.54. The summed E-state index contributed by atoms with van der Waals surface area (Å²) in [6, 6.07) is 9.40. The summed E-state index contributed by atoms with van der Waals surface area (Å²) in [6.45, 7) is 4.92. The summed E-state index contributed by atoms with van der Waals surface area (Å²) in [4.78, 5) is 2.28. The highest BCUT2D eigenvalue weighted by Gasteiger charge is 1.99. The highest BCUT2D eigenvalue weighted by Crippen LogP contribution is 2.12. The highest BCUT2D eigenvalue weighted by atomic mass is 16.5. The fourth-order valence-electron chi connectivity index (χ4n) is 1.72. The lowest BCUT2D eigenvalue weighted by Crippen LogP contribution is -2.25. The number of rotatable bonds is 8. The van der Waals surface area contributed by atoms with E-state index < -0.39 is 0 Å². The third-order valence-corrected chi connectivity index (χ3v) is 2.85. The zero-order valence-corrected chi connectivity index (χ0v) is 11.4. The van der Waals surface area contributed by atoms with Crippen LogP contribution in [0, 0.1) is 11.3 Å². The maximum Gasteiger partial charge on any atom is 0.120 e. The summed E-state index contributed by atoms with van der Waals surface area (Å²) in [6.07, 6.45) is 3.79. The molecule has 1 aromatic rings. The van der Waals surface area contributed by atoms with Gasteiger partial charge >= 0.3 is 0 Å². The molecular formula is C15H22N2O. The van der Waals surface area contributed by atoms with Crippen molar-refractivity contribution < 1.29 is 4.74 Å². The fourth-order valence-corrected chi connectivity index (χ4v) is 1.72. The van der Waals surface area contributed by atoms with E-state index in [0.29, 0.717) is 12.2 Å². The Morgan fingerprint density at radius 2 is 2.11 bits per heavy atom. The Labute approximate surface area is 110 Å². The molecule has 0 heterocycles. The molecule has 0 N–H and O–H groups in total. The summed E-state index contributed by atoms with van der Waals surface area (Å²) < 4.78 is 5.63. The molecule has 0 aromatic heterocycles. The van der Waals surface area contributed by atoms with Crippen LogP contribution in [0.1, 0.15) is 31.7 Å². The van der Waals surface area contributed by atoms with E-state index in [-0.39, 0.29) is 0 Å². The predicted octanol–water partition coefficient (Wildman–Crippen LogP) is 3.06. The maximum atomic E-state index is 8.78. The largest absolute Gasteiger partial charge is 0.492 e. The van der Waals surface area contributed by atoms with Crippen LogP contribution >= 0.6 is 0 Å². The number of likely N-dealkylation sites (N-methyl/N-ethyl adjacent to an activating group) is 1. The van der Waals surface area contributed by atoms with Gasteiger partial charge in [0.1, 0.15) is 12.4 Å². The standard InChI is InChI=1S/C15H22N2O/c1-3-4-5-9-17(2)10-11-18-15-8-6-7-14(12-15)13-16/h6-8,12H,3-5,9-11H2,1-2H3. The molecule has 0 unspecified atom stereocenters. The summed E-state index contributed by atoms with van der Waals surface area (Å²) in [7, 11) is 2.12. The Morgan fingerprint density at radius 3 is 2.83 bits per heavy atom. The van der Waals surface area contributed by atoms with Gasteiger partial charge in [0.15, 0.2) is 0 Å². The molecule has 0 spiro atoms. The van der Waals surface area contributed by atoms with Gasteiger partial charge in [-0.1, -0.05) is 25.8 Å². The van der Waals surface area contributed by atoms with Crippen LogP contribution in [-0.2, 0) is 0 Å². The Hall–Kier alpha value is -1.53. The maximum absolute atomic E-state index is 8.78. The second-order valence-electron chi connectivity index (χ2n) is 4.50. The van der Waals surface area contributed by atoms with Crippen LogP contribution in [-0.4, -0.2) is 31.6 Å². The molecule has 0 amide bonds. The van der Waals surface area contributed by atoms with Gasteiger partial charge in [0.2, 0.25) is 0 Å². The lowest BCUT2D eigenvalue weighted by molar-refractivity contribution is 0.235. The zero-order chi connectivity index (χ0) is 13.2. The number of hydrogen-bond acceptors (Lipinski definition) is 3. The van der Waals surface area contributed by atoms with Gasteiger partial charge in [-0.15, -0.1) is 0 Å². The van der Waals surface area contributed by atoms with Crippen LogP contribution in [0.4, 0.5) is 0 Å². The van der Waals surface area contributed by atoms with Crippen molar-refractivity contribution in [1.82, 2.24) is 4.90 Å². The first-order valence-corrected chi connectivity index (χ1v) is 6.57. The van der Waals surface area contributed by atoms with Crippen molar-refractivity contribution in [3.63, 3.8) is 0 Å². The third kappa shape index (κ3) is 5.70. The summed E-state index contributed by atoms with van der Waals surface area (Å²) >= 11 is 0. The van der Waals surface area contributed by atoms with Gasteiger partial charge in [-0.05, 0) is 38.2 Å². The SMILES string of the molecule is CCCCCN(C)CCOc1cccc(C#N)c1. The van der Waals surface area contributed by atoms with Crippen molar-refractivity contribution in [3.8, 4) is 11.8 Å². The minimum absolute atomic E-state index is 0.642. The number of ether oxygens (including phenoxy) is 1. The van der Waals surface area contributed by atoms with Gasteiger partial charge in [-0.3, -0.25) is 0 Å². The predicted molar refractivity (Wildman–Crippen MR) is 73.7 cm³/mol. The monoisotopic (exact) mass is 246 g/mol. The summed E-state index contributed by atoms with van der Waals surface area (Å²) in [5.41, 5.74) is 0.642. The molecule has 0 aliphatic heterocycles. The van der Waals surface area contributed by atoms with Crippen molar-refractivity contribution in [2.24, 2.45) is 0 Å². The molecule has 1 rings (SSSR count). The zero-order valence-electron chi connectivity index (χ0n) is 11.4. The molecule has 0 atom stereocenters. The van der Waals surface area contributed by atoms with E-state index in [2.05, 4.69) is 24.9 Å². The molecule has 0 saturated heterocycles. The molecule has 0 saturated carbocycles. The quantitative estimate of drug-likeness (QED) is 0.661. The van der Waals surface area contributed by atoms with E-state index in [1.54, 1.807) is 12.1 Å². The fraction of sp³-hybridized carbons (Fsp3) is 0.533. The molecule has 98 valence electrons. The molecule has 0 radical (unpaired) electrons. The molecule has 3 nitrogen and oxygen atoms in total. The molecule has 0 aliphatic carbocycles. The van der Waals surface area contributed by atoms with Crippen LogP contribution in [0.15, 0.2) is 24.3 Å². The van der Waals surface area contributed by atoms with Crippen molar-refractivity contribution in [3.05, 3.63) is 29.8 Å². The lowest BCUT2D eigenvalue weighted by Gasteiger charge is -2.16. The smallest absolute Gasteiger partial charge is 0.120 e. The number of nitrogens with zero attached hydrogens (tertiary/aromatic N) is 2. The van der Waals surface area contributed by atoms with Crippen molar-refractivity contribution in [1.29, 1.82) is 5.26 Å². The number of unbranched alkanes of at least 4 members (excludes halogenated alkanes) is 2. The molecule has 1 aromatic carbocycles. The Balaban J connectivity index is 2.22. The van der Waals surface area contributed by atoms with Gasteiger partial charge in [-0.25, -0.2) is 0 Å². The number of benzene rings is 1. The van der Waals surface area contributed by atoms with E-state index >= 15 is 0 Å². The van der Waals surface area contributed by atoms with E-state index in [0.717, 1.165) is 18.8 Å². The average molecular weight is 246 g/mol. The minimum atomic E-state index is 0.642. The second-order valence-corrected chi connectivity index (χ2v) is 4.50. The van der Waals surface area contributed by atoms with Crippen LogP contribution in [0.2, 0.25) is 0 Å². The topological polar surface area (TPSA) is 36.3 Å². The third-order valence-electron chi connectivity index (χ3n) is 2.85. The van der Waals surface area contributed by atoms with Crippen molar-refractivity contribution in [2.45, 2.75) is 26.2 Å². The molecule has 0 aliphatic rings. The van der Waals surface area contributed by atoms with Crippen LogP contribution in [0.3, 0.4) is 0 Å². The number of hydrogen-bond donors (Lipinski definition) is 0. The van der Waals surface area contributed by atoms with Crippen LogP contribution < -0.4 is 4.74 Å². The Bertz CT molecular complexity index is 384. The van der Waals surface area contributed by atoms with Gasteiger partial charge in [0.05, 0.1) is 11.6 Å². The van der Waals surface area contributed by atoms with Gasteiger partial charge in [0, 0.05) is 6.54 Å². The summed E-state index contributed by atoms with van der Waals surface area (Å²) in [5.74, 6) is 0.774. The Morgan fingerprint density at radius 1 is 1.28 bits per heavy atom. The van der Waals surface area contributed by atoms with Crippen LogP contribution in [0.5, 0.6) is 5.75 Å². The van der Waals surface area contributed by atoms with Crippen LogP contribution in [0.25, 0.3) is 0 Å². The molecule has 18 heavy (non-hydrogen) atoms. The lowest BCUT2D eigenvalue weighted by atomic mass is 10.2. The first-order chi connectivity index (χ1) is 8.76. The van der Waals surface area contributed by atoms with Crippen molar-refractivity contribution >= 4 is 0 Å². The van der Waals surface area contributed by atoms with Crippen molar-refractivity contribution in [2.75, 3.05) is 26.7 Å². The van der Waals surface area contributed by atoms with E-state index in [4.69, 9.17) is 10.00 Å². The van der Waals surface area contributed by atoms with Gasteiger partial charge < -0.3 is 9.64 Å². The highest BCUT2D eigenvalue weighted by molar-refractivity contribution is 5.36. The normalized spacial score (nSPS) is 10.3. The average Bonchev–Trinajstić information content (AvgIpc) is 2.39. The Kier molecular flexibility index (Phi) is 6.90. The molecular weight excluding hydrogens is 224 g/mol. The molecule has 3 heteroatoms. The minimum Gasteiger partial charge on any atom is -0.492 e. The first-order valence-electron chi connectivity index (χ1n) is 6.57. The number of nitriles is 1. The summed E-state index contributed by atoms with van der Waals surface area (Å²) in [5, 5.41) is 8.78. The van der Waals surface area contributed by atoms with Gasteiger partial charge in [-0.2, -0.15) is 5.26 Å². The molecule has 0 bridgehead atoms. The van der Waals surface area contributed by atoms with E-state index in [1.165, 1.54) is 19.3 Å².